The van der Waals surface area contributed by atoms with E-state index in [9.17, 15) is 13.2 Å². The van der Waals surface area contributed by atoms with Gasteiger partial charge in [-0.1, -0.05) is 31.2 Å². The molecule has 0 unspecified atom stereocenters. The van der Waals surface area contributed by atoms with Crippen LogP contribution in [-0.2, 0) is 16.4 Å². The number of pyridine rings is 1. The fraction of sp³-hybridized carbons (Fsp3) is 0.214. The number of nitrogens with one attached hydrogen (secondary N) is 1. The van der Waals surface area contributed by atoms with Gasteiger partial charge in [0.1, 0.15) is 0 Å². The molecule has 1 N–H and O–H groups in total. The molecule has 0 fully saturated rings. The van der Waals surface area contributed by atoms with E-state index >= 15 is 0 Å². The van der Waals surface area contributed by atoms with Crippen molar-refractivity contribution in [1.29, 1.82) is 0 Å². The van der Waals surface area contributed by atoms with E-state index in [-0.39, 0.29) is 16.7 Å². The first kappa shape index (κ1) is 26.1. The molecule has 0 aliphatic carbocycles. The highest BCUT2D eigenvalue weighted by atomic mass is 32.2. The summed E-state index contributed by atoms with van der Waals surface area (Å²) in [6, 6.07) is 18.0. The van der Waals surface area contributed by atoms with Crippen LogP contribution in [-0.4, -0.2) is 47.7 Å². The van der Waals surface area contributed by atoms with Crippen molar-refractivity contribution in [2.75, 3.05) is 19.4 Å². The van der Waals surface area contributed by atoms with Crippen LogP contribution in [0.3, 0.4) is 0 Å². The second-order valence-electron chi connectivity index (χ2n) is 9.08. The number of aryl methyl sites for hydroxylation is 1. The molecule has 2 aromatic heterocycles. The minimum absolute atomic E-state index is 0.0999. The number of benzene rings is 2. The van der Waals surface area contributed by atoms with Gasteiger partial charge in [-0.3, -0.25) is 14.8 Å². The molecule has 2 aromatic carbocycles. The Labute approximate surface area is 217 Å². The van der Waals surface area contributed by atoms with Gasteiger partial charge < -0.3 is 5.32 Å². The van der Waals surface area contributed by atoms with Crippen molar-refractivity contribution in [3.63, 3.8) is 0 Å². The predicted molar refractivity (Wildman–Crippen MR) is 144 cm³/mol. The molecule has 0 saturated heterocycles. The smallest absolute Gasteiger partial charge is 0.257 e. The third-order valence-electron chi connectivity index (χ3n) is 6.00. The average Bonchev–Trinajstić information content (AvgIpc) is 2.89. The summed E-state index contributed by atoms with van der Waals surface area (Å²) in [7, 11) is -0.546. The highest BCUT2D eigenvalue weighted by molar-refractivity contribution is 7.89. The van der Waals surface area contributed by atoms with Gasteiger partial charge in [-0.25, -0.2) is 17.7 Å². The minimum atomic E-state index is -3.55. The Kier molecular flexibility index (Phi) is 7.75. The third-order valence-corrected chi connectivity index (χ3v) is 7.81. The van der Waals surface area contributed by atoms with Crippen LogP contribution in [0.25, 0.3) is 11.3 Å². The first-order valence-electron chi connectivity index (χ1n) is 11.8. The predicted octanol–water partition coefficient (Wildman–Crippen LogP) is 4.70. The fourth-order valence-electron chi connectivity index (χ4n) is 3.83. The van der Waals surface area contributed by atoms with Crippen molar-refractivity contribution < 1.29 is 13.2 Å². The molecule has 190 valence electrons. The summed E-state index contributed by atoms with van der Waals surface area (Å²) >= 11 is 0. The van der Waals surface area contributed by atoms with E-state index in [4.69, 9.17) is 4.98 Å². The van der Waals surface area contributed by atoms with Crippen molar-refractivity contribution in [3.8, 4) is 11.3 Å². The molecule has 4 rings (SSSR count). The maximum Gasteiger partial charge on any atom is 0.257 e. The van der Waals surface area contributed by atoms with Gasteiger partial charge in [0.25, 0.3) is 5.91 Å². The van der Waals surface area contributed by atoms with Crippen LogP contribution in [0.4, 0.5) is 5.69 Å². The van der Waals surface area contributed by atoms with E-state index in [1.807, 2.05) is 37.3 Å². The van der Waals surface area contributed by atoms with Crippen molar-refractivity contribution in [2.45, 2.75) is 31.1 Å². The lowest BCUT2D eigenvalue weighted by atomic mass is 9.96. The molecule has 0 saturated carbocycles. The van der Waals surface area contributed by atoms with Crippen LogP contribution < -0.4 is 5.32 Å². The van der Waals surface area contributed by atoms with Crippen LogP contribution in [0, 0.1) is 6.92 Å². The summed E-state index contributed by atoms with van der Waals surface area (Å²) in [5, 5.41) is 2.93. The van der Waals surface area contributed by atoms with Crippen LogP contribution in [0.2, 0.25) is 0 Å². The molecule has 8 nitrogen and oxygen atoms in total. The van der Waals surface area contributed by atoms with E-state index in [0.29, 0.717) is 28.9 Å². The molecule has 37 heavy (non-hydrogen) atoms. The van der Waals surface area contributed by atoms with Crippen LogP contribution in [0.5, 0.6) is 0 Å². The summed E-state index contributed by atoms with van der Waals surface area (Å²) in [4.78, 5) is 26.1. The molecule has 1 amide bonds. The molecule has 0 radical (unpaired) electrons. The number of nitrogens with zero attached hydrogens (tertiary/aromatic N) is 4. The maximum absolute atomic E-state index is 12.6. The van der Waals surface area contributed by atoms with Crippen LogP contribution in [0.1, 0.15) is 40.2 Å². The van der Waals surface area contributed by atoms with Gasteiger partial charge in [0.2, 0.25) is 10.0 Å². The Morgan fingerprint density at radius 2 is 1.78 bits per heavy atom. The van der Waals surface area contributed by atoms with E-state index in [1.54, 1.807) is 48.9 Å². The topological polar surface area (TPSA) is 105 Å². The first-order valence-corrected chi connectivity index (χ1v) is 13.3. The van der Waals surface area contributed by atoms with Gasteiger partial charge >= 0.3 is 0 Å². The summed E-state index contributed by atoms with van der Waals surface area (Å²) in [6.07, 6.45) is 5.53. The Bertz CT molecular complexity index is 1520. The number of carbonyl (C=O) groups excluding carboxylic acids is 1. The van der Waals surface area contributed by atoms with E-state index in [0.717, 1.165) is 17.0 Å². The Hall–Kier alpha value is -3.95. The quantitative estimate of drug-likeness (QED) is 0.365. The second-order valence-corrected chi connectivity index (χ2v) is 11.2. The molecular formula is C28H29N5O3S. The van der Waals surface area contributed by atoms with E-state index in [1.165, 1.54) is 18.4 Å². The Morgan fingerprint density at radius 1 is 1.00 bits per heavy atom. The third kappa shape index (κ3) is 6.25. The zero-order valence-corrected chi connectivity index (χ0v) is 22.0. The Balaban J connectivity index is 1.50. The normalized spacial score (nSPS) is 12.4. The SMILES string of the molecule is Cc1ccc(C(=O)Nc2cccc([C@H](C)Cc3cncc(-c4cccc(S(=O)(=O)N(C)C)c4)n3)c2)cn1. The van der Waals surface area contributed by atoms with Crippen molar-refractivity contribution >= 4 is 21.6 Å². The highest BCUT2D eigenvalue weighted by Crippen LogP contribution is 2.25. The maximum atomic E-state index is 12.6. The molecular weight excluding hydrogens is 486 g/mol. The van der Waals surface area contributed by atoms with Crippen molar-refractivity contribution in [1.82, 2.24) is 19.3 Å². The number of sulfonamides is 1. The minimum Gasteiger partial charge on any atom is -0.322 e. The number of amides is 1. The molecule has 4 aromatic rings. The second kappa shape index (κ2) is 11.0. The number of anilines is 1. The van der Waals surface area contributed by atoms with Gasteiger partial charge in [0, 0.05) is 43.4 Å². The van der Waals surface area contributed by atoms with Gasteiger partial charge in [0.15, 0.2) is 0 Å². The number of carbonyl (C=O) groups is 1. The average molecular weight is 516 g/mol. The number of hydrogen-bond donors (Lipinski definition) is 1. The molecule has 0 bridgehead atoms. The Morgan fingerprint density at radius 3 is 2.51 bits per heavy atom. The summed E-state index contributed by atoms with van der Waals surface area (Å²) < 4.78 is 26.3. The molecule has 0 aliphatic heterocycles. The fourth-order valence-corrected chi connectivity index (χ4v) is 4.78. The summed E-state index contributed by atoms with van der Waals surface area (Å²) in [6.45, 7) is 3.96. The highest BCUT2D eigenvalue weighted by Gasteiger charge is 2.18. The van der Waals surface area contributed by atoms with Gasteiger partial charge in [-0.2, -0.15) is 0 Å². The molecule has 1 atom stereocenters. The number of rotatable bonds is 8. The van der Waals surface area contributed by atoms with E-state index < -0.39 is 10.0 Å². The van der Waals surface area contributed by atoms with Crippen molar-refractivity contribution in [3.05, 3.63) is 102 Å². The monoisotopic (exact) mass is 515 g/mol. The molecule has 2 heterocycles. The first-order chi connectivity index (χ1) is 17.6. The zero-order valence-electron chi connectivity index (χ0n) is 21.2. The summed E-state index contributed by atoms with van der Waals surface area (Å²) in [5.74, 6) is -0.114. The van der Waals surface area contributed by atoms with Crippen LogP contribution >= 0.6 is 0 Å². The molecule has 0 spiro atoms. The van der Waals surface area contributed by atoms with Gasteiger partial charge in [-0.05, 0) is 61.2 Å². The van der Waals surface area contributed by atoms with Crippen LogP contribution in [0.15, 0.2) is 84.1 Å². The summed E-state index contributed by atoms with van der Waals surface area (Å²) in [5.41, 5.74) is 5.17. The van der Waals surface area contributed by atoms with Gasteiger partial charge in [-0.15, -0.1) is 0 Å². The number of hydrogen-bond acceptors (Lipinski definition) is 6. The van der Waals surface area contributed by atoms with Crippen molar-refractivity contribution in [2.24, 2.45) is 0 Å². The lowest BCUT2D eigenvalue weighted by molar-refractivity contribution is 0.102. The largest absolute Gasteiger partial charge is 0.322 e. The van der Waals surface area contributed by atoms with E-state index in [2.05, 4.69) is 22.2 Å². The standard InChI is InChI=1S/C28H29N5O3S/c1-19(21-7-5-9-24(14-21)32-28(34)23-12-11-20(2)30-16-23)13-25-17-29-18-27(31-25)22-8-6-10-26(15-22)37(35,36)33(3)4/h5-12,14-19H,13H2,1-4H3,(H,32,34)/t19-/m1/s1. The number of aromatic nitrogens is 3. The molecule has 9 heteroatoms. The lowest BCUT2D eigenvalue weighted by Gasteiger charge is -2.14. The molecule has 0 aliphatic rings. The van der Waals surface area contributed by atoms with Gasteiger partial charge in [0.05, 0.1) is 28.0 Å². The zero-order chi connectivity index (χ0) is 26.6. The lowest BCUT2D eigenvalue weighted by Crippen LogP contribution is -2.22.